The standard InChI is InChI=1S/C26H35N6O8PS/c1-15(23(38-16-9-5-3-6-10-16)39-17-11-7-4-8-12-17)31-41(36,42)37-13-18-20(33)26(2,35)24(40-18)32-14-28-19-21(32)29-25(27)30-22(19)34/h3,5-6,9-10,14,17-18,20,24,33,35H,4,7-8,11-13H2,1-2H3,(H2,31,36,42)(H3,27,29,30,34)/t18-,20-,24-,26-,41?/m1/s1. The summed E-state index contributed by atoms with van der Waals surface area (Å²) in [6.07, 6.45) is 2.49. The highest BCUT2D eigenvalue weighted by Gasteiger charge is 2.54. The number of anilines is 1. The van der Waals surface area contributed by atoms with E-state index in [-0.39, 0.29) is 35.8 Å². The lowest BCUT2D eigenvalue weighted by Gasteiger charge is -2.27. The Morgan fingerprint density at radius 1 is 1.31 bits per heavy atom. The van der Waals surface area contributed by atoms with Gasteiger partial charge < -0.3 is 44.7 Å². The number of hydrogen-bond acceptors (Lipinski definition) is 11. The molecular formula is C26H35N6O8PS. The normalized spacial score (nSPS) is 26.9. The van der Waals surface area contributed by atoms with Gasteiger partial charge in [-0.25, -0.2) is 4.98 Å². The molecule has 5 atom stereocenters. The Morgan fingerprint density at radius 3 is 2.74 bits per heavy atom. The van der Waals surface area contributed by atoms with Crippen molar-refractivity contribution in [3.63, 3.8) is 0 Å². The number of benzene rings is 1. The zero-order valence-corrected chi connectivity index (χ0v) is 24.9. The van der Waals surface area contributed by atoms with Crippen LogP contribution in [0.15, 0.2) is 53.1 Å². The van der Waals surface area contributed by atoms with E-state index >= 15 is 0 Å². The van der Waals surface area contributed by atoms with Gasteiger partial charge in [0.05, 0.1) is 18.6 Å². The van der Waals surface area contributed by atoms with Gasteiger partial charge in [-0.3, -0.25) is 14.3 Å². The molecule has 2 fully saturated rings. The fraction of sp³-hybridized carbons (Fsp3) is 0.500. The number of imidazole rings is 1. The second-order valence-electron chi connectivity index (χ2n) is 10.6. The maximum atomic E-state index is 12.2. The number of hydrogen-bond donors (Lipinski definition) is 6. The van der Waals surface area contributed by atoms with Crippen LogP contribution in [-0.2, 0) is 25.8 Å². The van der Waals surface area contributed by atoms with Crippen LogP contribution in [0.4, 0.5) is 5.95 Å². The Hall–Kier alpha value is -3.04. The summed E-state index contributed by atoms with van der Waals surface area (Å²) in [5, 5.41) is 24.9. The van der Waals surface area contributed by atoms with Gasteiger partial charge in [-0.05, 0) is 63.5 Å². The first-order valence-electron chi connectivity index (χ1n) is 13.6. The van der Waals surface area contributed by atoms with E-state index in [1.165, 1.54) is 17.8 Å². The van der Waals surface area contributed by atoms with Crippen molar-refractivity contribution in [2.24, 2.45) is 0 Å². The highest BCUT2D eigenvalue weighted by Crippen LogP contribution is 2.44. The number of para-hydroxylation sites is 1. The molecule has 0 radical (unpaired) electrons. The summed E-state index contributed by atoms with van der Waals surface area (Å²) in [7, 11) is 0. The lowest BCUT2D eigenvalue weighted by Crippen LogP contribution is -2.44. The number of nitrogens with two attached hydrogens (primary N) is 1. The molecule has 16 heteroatoms. The molecule has 7 N–H and O–H groups in total. The molecule has 1 unspecified atom stereocenters. The maximum absolute atomic E-state index is 12.2. The summed E-state index contributed by atoms with van der Waals surface area (Å²) in [6.45, 7) is -1.06. The van der Waals surface area contributed by atoms with Crippen LogP contribution in [0.25, 0.3) is 11.2 Å². The van der Waals surface area contributed by atoms with Crippen molar-refractivity contribution in [1.82, 2.24) is 24.6 Å². The molecule has 2 aliphatic rings. The van der Waals surface area contributed by atoms with E-state index < -0.39 is 36.2 Å². The number of aromatic nitrogens is 4. The number of allylic oxidation sites excluding steroid dienone is 1. The monoisotopic (exact) mass is 622 g/mol. The van der Waals surface area contributed by atoms with E-state index in [0.717, 1.165) is 32.1 Å². The number of nitrogen functional groups attached to an aromatic ring is 1. The second-order valence-corrected chi connectivity index (χ2v) is 13.6. The van der Waals surface area contributed by atoms with E-state index in [1.54, 1.807) is 19.1 Å². The van der Waals surface area contributed by atoms with E-state index in [1.807, 2.05) is 18.2 Å². The fourth-order valence-corrected chi connectivity index (χ4v) is 6.60. The Balaban J connectivity index is 1.30. The van der Waals surface area contributed by atoms with Gasteiger partial charge in [0.2, 0.25) is 5.95 Å². The first-order valence-corrected chi connectivity index (χ1v) is 16.3. The van der Waals surface area contributed by atoms with Crippen LogP contribution < -0.4 is 21.1 Å². The van der Waals surface area contributed by atoms with Crippen LogP contribution in [-0.4, -0.2) is 65.1 Å². The van der Waals surface area contributed by atoms with Gasteiger partial charge in [-0.2, -0.15) is 4.98 Å². The van der Waals surface area contributed by atoms with Crippen molar-refractivity contribution in [3.05, 3.63) is 58.7 Å². The van der Waals surface area contributed by atoms with E-state index in [0.29, 0.717) is 11.4 Å². The van der Waals surface area contributed by atoms with Gasteiger partial charge in [-0.15, -0.1) is 0 Å². The molecule has 0 spiro atoms. The first-order chi connectivity index (χ1) is 19.9. The third-order valence-electron chi connectivity index (χ3n) is 7.27. The van der Waals surface area contributed by atoms with Gasteiger partial charge in [-0.1, -0.05) is 24.6 Å². The largest absolute Gasteiger partial charge is 0.461 e. The summed E-state index contributed by atoms with van der Waals surface area (Å²) in [5.41, 5.74) is 3.65. The third kappa shape index (κ3) is 6.62. The topological polar surface area (TPSA) is 199 Å². The summed E-state index contributed by atoms with van der Waals surface area (Å²) < 4.78 is 25.1. The van der Waals surface area contributed by atoms with Gasteiger partial charge in [0.15, 0.2) is 17.4 Å². The lowest BCUT2D eigenvalue weighted by molar-refractivity contribution is -0.0947. The molecule has 1 aliphatic heterocycles. The summed E-state index contributed by atoms with van der Waals surface area (Å²) >= 11 is 5.35. The molecule has 2 aromatic heterocycles. The Morgan fingerprint density at radius 2 is 2.02 bits per heavy atom. The Labute approximate surface area is 246 Å². The zero-order valence-electron chi connectivity index (χ0n) is 23.2. The molecule has 0 bridgehead atoms. The van der Waals surface area contributed by atoms with Crippen LogP contribution in [0.1, 0.15) is 52.2 Å². The fourth-order valence-electron chi connectivity index (χ4n) is 5.08. The second kappa shape index (κ2) is 12.3. The van der Waals surface area contributed by atoms with Crippen molar-refractivity contribution >= 4 is 35.6 Å². The summed E-state index contributed by atoms with van der Waals surface area (Å²) in [6, 6.07) is 9.11. The SMILES string of the molecule is CC(NP(O)(=S)OC[C@H]1O[C@@H](n2cnc3c(=O)[nH]c(N)nc32)[C@](C)(O)[C@@H]1O)=C(Oc1ccccc1)OC1CCCCC1. The smallest absolute Gasteiger partial charge is 0.305 e. The molecule has 1 aromatic carbocycles. The zero-order chi connectivity index (χ0) is 30.1. The predicted molar refractivity (Wildman–Crippen MR) is 156 cm³/mol. The molecule has 0 amide bonds. The Kier molecular flexibility index (Phi) is 8.90. The number of fused-ring (bicyclic) bond motifs is 1. The molecule has 1 aliphatic carbocycles. The van der Waals surface area contributed by atoms with Gasteiger partial charge in [0.25, 0.3) is 12.2 Å². The average molecular weight is 623 g/mol. The van der Waals surface area contributed by atoms with Crippen LogP contribution in [0.5, 0.6) is 5.75 Å². The van der Waals surface area contributed by atoms with Gasteiger partial charge >= 0.3 is 5.95 Å². The Bertz CT molecular complexity index is 1540. The highest BCUT2D eigenvalue weighted by molar-refractivity contribution is 8.08. The van der Waals surface area contributed by atoms with E-state index in [4.69, 9.17) is 36.3 Å². The minimum Gasteiger partial charge on any atom is -0.461 e. The molecule has 14 nitrogen and oxygen atoms in total. The molecule has 3 aromatic rings. The van der Waals surface area contributed by atoms with Gasteiger partial charge in [0, 0.05) is 0 Å². The van der Waals surface area contributed by atoms with Crippen molar-refractivity contribution in [1.29, 1.82) is 0 Å². The van der Waals surface area contributed by atoms with E-state index in [2.05, 4.69) is 20.0 Å². The lowest BCUT2D eigenvalue weighted by atomic mass is 9.96. The third-order valence-corrected chi connectivity index (χ3v) is 8.97. The first kappa shape index (κ1) is 30.4. The van der Waals surface area contributed by atoms with Crippen molar-refractivity contribution < 1.29 is 33.8 Å². The molecule has 228 valence electrons. The van der Waals surface area contributed by atoms with Gasteiger partial charge in [0.1, 0.15) is 29.7 Å². The van der Waals surface area contributed by atoms with Crippen molar-refractivity contribution in [2.75, 3.05) is 12.3 Å². The number of aliphatic hydroxyl groups excluding tert-OH is 1. The molecular weight excluding hydrogens is 587 g/mol. The molecule has 1 saturated heterocycles. The number of aliphatic hydroxyl groups is 2. The predicted octanol–water partition coefficient (Wildman–Crippen LogP) is 2.15. The summed E-state index contributed by atoms with van der Waals surface area (Å²) in [4.78, 5) is 33.7. The quantitative estimate of drug-likeness (QED) is 0.142. The van der Waals surface area contributed by atoms with Crippen LogP contribution in [0.2, 0.25) is 0 Å². The van der Waals surface area contributed by atoms with Crippen molar-refractivity contribution in [3.8, 4) is 5.75 Å². The number of nitrogens with one attached hydrogen (secondary N) is 2. The number of nitrogens with zero attached hydrogens (tertiary/aromatic N) is 3. The summed E-state index contributed by atoms with van der Waals surface area (Å²) in [5.74, 6) is 0.581. The number of ether oxygens (including phenoxy) is 3. The van der Waals surface area contributed by atoms with E-state index in [9.17, 15) is 19.9 Å². The van der Waals surface area contributed by atoms with Crippen LogP contribution in [0, 0.1) is 0 Å². The van der Waals surface area contributed by atoms with Crippen LogP contribution >= 0.6 is 6.64 Å². The molecule has 3 heterocycles. The molecule has 42 heavy (non-hydrogen) atoms. The van der Waals surface area contributed by atoms with Crippen molar-refractivity contribution in [2.45, 2.75) is 76.1 Å². The number of H-pyrrole nitrogens is 1. The molecule has 1 saturated carbocycles. The highest BCUT2D eigenvalue weighted by atomic mass is 32.5. The molecule has 5 rings (SSSR count). The van der Waals surface area contributed by atoms with Crippen LogP contribution in [0.3, 0.4) is 0 Å². The number of aromatic amines is 1. The number of rotatable bonds is 10. The maximum Gasteiger partial charge on any atom is 0.305 e. The minimum atomic E-state index is -3.71. The average Bonchev–Trinajstić information content (AvgIpc) is 3.46. The minimum absolute atomic E-state index is 0.0147.